The van der Waals surface area contributed by atoms with E-state index in [1.807, 2.05) is 11.8 Å². The van der Waals surface area contributed by atoms with Gasteiger partial charge in [0, 0.05) is 30.5 Å². The first-order valence-electron chi connectivity index (χ1n) is 5.46. The molecule has 1 aromatic rings. The van der Waals surface area contributed by atoms with Crippen LogP contribution in [0.4, 0.5) is 5.69 Å². The summed E-state index contributed by atoms with van der Waals surface area (Å²) in [6, 6.07) is 3.68. The minimum Gasteiger partial charge on any atom is -0.325 e. The van der Waals surface area contributed by atoms with Crippen molar-refractivity contribution in [3.05, 3.63) is 23.5 Å². The molecule has 1 aliphatic rings. The number of thioether (sulfide) groups is 1. The molecule has 1 saturated heterocycles. The molecule has 0 aromatic carbocycles. The van der Waals surface area contributed by atoms with E-state index in [9.17, 15) is 4.79 Å². The molecule has 6 heteroatoms. The fourth-order valence-corrected chi connectivity index (χ4v) is 2.70. The maximum atomic E-state index is 11.7. The summed E-state index contributed by atoms with van der Waals surface area (Å²) in [6.45, 7) is 0.977. The van der Waals surface area contributed by atoms with Gasteiger partial charge in [-0.15, -0.1) is 0 Å². The van der Waals surface area contributed by atoms with Crippen molar-refractivity contribution in [2.75, 3.05) is 23.4 Å². The molecule has 1 atom stereocenters. The first kappa shape index (κ1) is 12.7. The Labute approximate surface area is 110 Å². The van der Waals surface area contributed by atoms with E-state index in [-0.39, 0.29) is 11.9 Å². The first-order chi connectivity index (χ1) is 8.24. The molecular weight excluding hydrogens is 258 g/mol. The minimum atomic E-state index is 0.00845. The van der Waals surface area contributed by atoms with Crippen LogP contribution < -0.4 is 10.6 Å². The van der Waals surface area contributed by atoms with Crippen LogP contribution in [0.25, 0.3) is 0 Å². The average molecular weight is 272 g/mol. The third-order valence-electron chi connectivity index (χ3n) is 2.44. The summed E-state index contributed by atoms with van der Waals surface area (Å²) < 4.78 is 0. The number of nitrogens with one attached hydrogen (secondary N) is 2. The van der Waals surface area contributed by atoms with Crippen LogP contribution >= 0.6 is 23.4 Å². The highest BCUT2D eigenvalue weighted by Gasteiger charge is 2.16. The van der Waals surface area contributed by atoms with Gasteiger partial charge in [-0.1, -0.05) is 11.6 Å². The maximum absolute atomic E-state index is 11.7. The SMILES string of the molecule is O=C(CC1CSCCN1)Nc1ccc(Cl)nc1. The van der Waals surface area contributed by atoms with Crippen molar-refractivity contribution in [2.45, 2.75) is 12.5 Å². The molecular formula is C11H14ClN3OS. The monoisotopic (exact) mass is 271 g/mol. The van der Waals surface area contributed by atoms with Crippen molar-refractivity contribution in [3.63, 3.8) is 0 Å². The number of nitrogens with zero attached hydrogens (tertiary/aromatic N) is 1. The summed E-state index contributed by atoms with van der Waals surface area (Å²) in [5.74, 6) is 2.13. The van der Waals surface area contributed by atoms with Crippen LogP contribution in [0.3, 0.4) is 0 Å². The Morgan fingerprint density at radius 1 is 1.65 bits per heavy atom. The van der Waals surface area contributed by atoms with Crippen LogP contribution in [0.5, 0.6) is 0 Å². The highest BCUT2D eigenvalue weighted by Crippen LogP contribution is 2.13. The van der Waals surface area contributed by atoms with Gasteiger partial charge < -0.3 is 10.6 Å². The summed E-state index contributed by atoms with van der Waals surface area (Å²) in [5, 5.41) is 6.56. The highest BCUT2D eigenvalue weighted by molar-refractivity contribution is 7.99. The lowest BCUT2D eigenvalue weighted by Gasteiger charge is -2.22. The standard InChI is InChI=1S/C11H14ClN3OS/c12-10-2-1-8(6-14-10)15-11(16)5-9-7-17-4-3-13-9/h1-2,6,9,13H,3-5,7H2,(H,15,16). The van der Waals surface area contributed by atoms with Gasteiger partial charge in [0.25, 0.3) is 0 Å². The average Bonchev–Trinajstić information content (AvgIpc) is 2.33. The summed E-state index contributed by atoms with van der Waals surface area (Å²) in [7, 11) is 0. The minimum absolute atomic E-state index is 0.00845. The van der Waals surface area contributed by atoms with Gasteiger partial charge in [0.1, 0.15) is 5.15 Å². The van der Waals surface area contributed by atoms with Gasteiger partial charge in [-0.05, 0) is 12.1 Å². The molecule has 0 aliphatic carbocycles. The Kier molecular flexibility index (Phi) is 4.65. The lowest BCUT2D eigenvalue weighted by molar-refractivity contribution is -0.116. The van der Waals surface area contributed by atoms with Gasteiger partial charge in [0.15, 0.2) is 0 Å². The zero-order valence-corrected chi connectivity index (χ0v) is 10.9. The molecule has 0 radical (unpaired) electrons. The van der Waals surface area contributed by atoms with Crippen molar-refractivity contribution in [2.24, 2.45) is 0 Å². The smallest absolute Gasteiger partial charge is 0.226 e. The lowest BCUT2D eigenvalue weighted by Crippen LogP contribution is -2.39. The second kappa shape index (κ2) is 6.23. The Bertz CT molecular complexity index is 379. The summed E-state index contributed by atoms with van der Waals surface area (Å²) in [4.78, 5) is 15.7. The predicted molar refractivity (Wildman–Crippen MR) is 71.6 cm³/mol. The number of halogens is 1. The molecule has 0 saturated carbocycles. The number of aromatic nitrogens is 1. The normalized spacial score (nSPS) is 19.9. The highest BCUT2D eigenvalue weighted by atomic mass is 35.5. The molecule has 0 spiro atoms. The molecule has 1 fully saturated rings. The number of carbonyl (C=O) groups is 1. The molecule has 0 bridgehead atoms. The molecule has 1 aliphatic heterocycles. The van der Waals surface area contributed by atoms with Crippen LogP contribution in [0.1, 0.15) is 6.42 Å². The maximum Gasteiger partial charge on any atom is 0.226 e. The summed E-state index contributed by atoms with van der Waals surface area (Å²) in [5.41, 5.74) is 0.683. The van der Waals surface area contributed by atoms with E-state index >= 15 is 0 Å². The van der Waals surface area contributed by atoms with Gasteiger partial charge in [0.05, 0.1) is 11.9 Å². The van der Waals surface area contributed by atoms with E-state index in [1.54, 1.807) is 18.3 Å². The topological polar surface area (TPSA) is 54.0 Å². The van der Waals surface area contributed by atoms with Crippen molar-refractivity contribution in [3.8, 4) is 0 Å². The molecule has 2 rings (SSSR count). The molecule has 4 nitrogen and oxygen atoms in total. The molecule has 1 unspecified atom stereocenters. The van der Waals surface area contributed by atoms with Crippen LogP contribution in [0.15, 0.2) is 18.3 Å². The van der Waals surface area contributed by atoms with E-state index in [0.717, 1.165) is 18.1 Å². The molecule has 1 aromatic heterocycles. The van der Waals surface area contributed by atoms with Crippen LogP contribution in [-0.2, 0) is 4.79 Å². The quantitative estimate of drug-likeness (QED) is 0.823. The largest absolute Gasteiger partial charge is 0.325 e. The zero-order valence-electron chi connectivity index (χ0n) is 9.28. The number of hydrogen-bond donors (Lipinski definition) is 2. The van der Waals surface area contributed by atoms with Crippen molar-refractivity contribution in [1.29, 1.82) is 0 Å². The number of carbonyl (C=O) groups excluding carboxylic acids is 1. The van der Waals surface area contributed by atoms with E-state index in [0.29, 0.717) is 17.3 Å². The third-order valence-corrected chi connectivity index (χ3v) is 3.80. The van der Waals surface area contributed by atoms with E-state index in [4.69, 9.17) is 11.6 Å². The van der Waals surface area contributed by atoms with Crippen molar-refractivity contribution < 1.29 is 4.79 Å². The summed E-state index contributed by atoms with van der Waals surface area (Å²) in [6.07, 6.45) is 2.05. The van der Waals surface area contributed by atoms with Crippen LogP contribution in [-0.4, -0.2) is 35.0 Å². The zero-order chi connectivity index (χ0) is 12.1. The number of amides is 1. The van der Waals surface area contributed by atoms with Crippen molar-refractivity contribution >= 4 is 35.0 Å². The number of hydrogen-bond acceptors (Lipinski definition) is 4. The fraction of sp³-hybridized carbons (Fsp3) is 0.455. The molecule has 17 heavy (non-hydrogen) atoms. The van der Waals surface area contributed by atoms with Gasteiger partial charge in [-0.2, -0.15) is 11.8 Å². The van der Waals surface area contributed by atoms with Gasteiger partial charge in [0.2, 0.25) is 5.91 Å². The molecule has 1 amide bonds. The van der Waals surface area contributed by atoms with Crippen molar-refractivity contribution in [1.82, 2.24) is 10.3 Å². The third kappa shape index (κ3) is 4.18. The van der Waals surface area contributed by atoms with Gasteiger partial charge in [-0.3, -0.25) is 4.79 Å². The number of anilines is 1. The lowest BCUT2D eigenvalue weighted by atomic mass is 10.2. The molecule has 2 heterocycles. The Morgan fingerprint density at radius 3 is 3.18 bits per heavy atom. The van der Waals surface area contributed by atoms with Crippen LogP contribution in [0.2, 0.25) is 5.15 Å². The Morgan fingerprint density at radius 2 is 2.53 bits per heavy atom. The van der Waals surface area contributed by atoms with Crippen LogP contribution in [0, 0.1) is 0 Å². The molecule has 92 valence electrons. The predicted octanol–water partition coefficient (Wildman–Crippen LogP) is 1.77. The summed E-state index contributed by atoms with van der Waals surface area (Å²) >= 11 is 7.55. The molecule has 2 N–H and O–H groups in total. The van der Waals surface area contributed by atoms with E-state index < -0.39 is 0 Å². The Hall–Kier alpha value is -0.780. The van der Waals surface area contributed by atoms with E-state index in [2.05, 4.69) is 15.6 Å². The first-order valence-corrected chi connectivity index (χ1v) is 7.00. The van der Waals surface area contributed by atoms with Gasteiger partial charge in [-0.25, -0.2) is 4.98 Å². The second-order valence-corrected chi connectivity index (χ2v) is 5.38. The van der Waals surface area contributed by atoms with E-state index in [1.165, 1.54) is 0 Å². The fourth-order valence-electron chi connectivity index (χ4n) is 1.64. The van der Waals surface area contributed by atoms with Gasteiger partial charge >= 0.3 is 0 Å². The Balaban J connectivity index is 1.82. The number of pyridine rings is 1. The number of rotatable bonds is 3. The second-order valence-electron chi connectivity index (χ2n) is 3.85.